The van der Waals surface area contributed by atoms with Crippen molar-refractivity contribution in [3.05, 3.63) is 97.8 Å². The summed E-state index contributed by atoms with van der Waals surface area (Å²) in [5, 5.41) is 19.1. The zero-order valence-corrected chi connectivity index (χ0v) is 22.3. The Hall–Kier alpha value is -3.44. The van der Waals surface area contributed by atoms with Crippen molar-refractivity contribution >= 4 is 74.6 Å². The summed E-state index contributed by atoms with van der Waals surface area (Å²) in [7, 11) is 0. The van der Waals surface area contributed by atoms with E-state index >= 15 is 0 Å². The van der Waals surface area contributed by atoms with Crippen LogP contribution in [0.5, 0.6) is 0 Å². The number of nitrogens with zero attached hydrogens (tertiary/aromatic N) is 2. The molecule has 0 spiro atoms. The van der Waals surface area contributed by atoms with E-state index in [2.05, 4.69) is 15.6 Å². The molecule has 4 aromatic rings. The summed E-state index contributed by atoms with van der Waals surface area (Å²) >= 11 is 14.7. The van der Waals surface area contributed by atoms with E-state index < -0.39 is 10.2 Å². The van der Waals surface area contributed by atoms with Crippen molar-refractivity contribution < 1.29 is 14.5 Å². The van der Waals surface area contributed by atoms with Crippen LogP contribution in [-0.2, 0) is 4.79 Å². The van der Waals surface area contributed by atoms with Crippen molar-refractivity contribution in [2.45, 2.75) is 17.1 Å². The minimum absolute atomic E-state index is 0.0853. The Morgan fingerprint density at radius 1 is 1.00 bits per heavy atom. The molecule has 1 aromatic heterocycles. The topological polar surface area (TPSA) is 114 Å². The molecule has 0 radical (unpaired) electrons. The molecule has 1 unspecified atom stereocenters. The van der Waals surface area contributed by atoms with Gasteiger partial charge in [0.25, 0.3) is 11.6 Å². The lowest BCUT2D eigenvalue weighted by Crippen LogP contribution is -2.22. The van der Waals surface area contributed by atoms with Crippen LogP contribution >= 0.6 is 46.3 Å². The van der Waals surface area contributed by atoms with E-state index in [4.69, 9.17) is 23.2 Å². The number of benzene rings is 3. The molecule has 8 nitrogen and oxygen atoms in total. The fourth-order valence-electron chi connectivity index (χ4n) is 3.14. The average molecular weight is 573 g/mol. The van der Waals surface area contributed by atoms with Crippen molar-refractivity contribution in [3.63, 3.8) is 0 Å². The van der Waals surface area contributed by atoms with Crippen LogP contribution in [0.3, 0.4) is 0 Å². The van der Waals surface area contributed by atoms with Gasteiger partial charge in [-0.1, -0.05) is 29.3 Å². The van der Waals surface area contributed by atoms with Gasteiger partial charge in [0, 0.05) is 39.2 Å². The number of thiazole rings is 1. The number of carbonyl (C=O) groups excluding carboxylic acids is 2. The lowest BCUT2D eigenvalue weighted by molar-refractivity contribution is -0.384. The van der Waals surface area contributed by atoms with Crippen molar-refractivity contribution in [1.82, 2.24) is 4.98 Å². The molecular formula is C25H18Cl2N4O4S2. The highest BCUT2D eigenvalue weighted by Gasteiger charge is 2.17. The largest absolute Gasteiger partial charge is 0.322 e. The van der Waals surface area contributed by atoms with Crippen LogP contribution in [-0.4, -0.2) is 27.0 Å². The lowest BCUT2D eigenvalue weighted by atomic mass is 10.2. The summed E-state index contributed by atoms with van der Waals surface area (Å²) in [5.74, 6) is -0.581. The quantitative estimate of drug-likeness (QED) is 0.129. The smallest absolute Gasteiger partial charge is 0.269 e. The van der Waals surface area contributed by atoms with Gasteiger partial charge in [-0.3, -0.25) is 19.7 Å². The van der Waals surface area contributed by atoms with E-state index in [-0.39, 0.29) is 17.5 Å². The van der Waals surface area contributed by atoms with Crippen molar-refractivity contribution in [3.8, 4) is 11.3 Å². The van der Waals surface area contributed by atoms with Crippen molar-refractivity contribution in [2.24, 2.45) is 0 Å². The molecule has 2 amide bonds. The van der Waals surface area contributed by atoms with E-state index in [0.29, 0.717) is 32.1 Å². The van der Waals surface area contributed by atoms with Gasteiger partial charge in [0.05, 0.1) is 25.9 Å². The summed E-state index contributed by atoms with van der Waals surface area (Å²) in [6.45, 7) is 1.79. The molecule has 0 aliphatic heterocycles. The monoisotopic (exact) mass is 572 g/mol. The minimum atomic E-state index is -0.523. The number of halogens is 2. The van der Waals surface area contributed by atoms with Gasteiger partial charge in [-0.25, -0.2) is 4.98 Å². The van der Waals surface area contributed by atoms with Gasteiger partial charge in [0.15, 0.2) is 5.13 Å². The number of nitrogens with one attached hydrogen (secondary N) is 2. The SMILES string of the molecule is CC(Sc1ccc(NC(=O)c2ccc([N+](=O)[O-])cc2)cc1)C(=O)Nc1nc(-c2ccc(Cl)c(Cl)c2)cs1. The molecule has 1 atom stereocenters. The highest BCUT2D eigenvalue weighted by molar-refractivity contribution is 8.00. The zero-order valence-electron chi connectivity index (χ0n) is 19.1. The van der Waals surface area contributed by atoms with Gasteiger partial charge in [0.2, 0.25) is 5.91 Å². The van der Waals surface area contributed by atoms with Crippen LogP contribution in [0.2, 0.25) is 10.0 Å². The van der Waals surface area contributed by atoms with Crippen LogP contribution in [0.25, 0.3) is 11.3 Å². The van der Waals surface area contributed by atoms with Gasteiger partial charge in [0.1, 0.15) is 0 Å². The number of rotatable bonds is 8. The first kappa shape index (κ1) is 26.6. The van der Waals surface area contributed by atoms with E-state index in [0.717, 1.165) is 10.5 Å². The Balaban J connectivity index is 1.31. The van der Waals surface area contributed by atoms with E-state index in [1.807, 2.05) is 11.4 Å². The molecule has 0 fully saturated rings. The Kier molecular flexibility index (Phi) is 8.45. The number of aromatic nitrogens is 1. The molecule has 1 heterocycles. The maximum absolute atomic E-state index is 12.7. The molecule has 3 aromatic carbocycles. The third-order valence-corrected chi connectivity index (χ3v) is 7.69. The standard InChI is InChI=1S/C25H18Cl2N4O4S2/c1-14(23(32)30-25-29-22(13-36-25)16-4-11-20(26)21(27)12-16)37-19-9-5-17(6-10-19)28-24(33)15-2-7-18(8-3-15)31(34)35/h2-14H,1H3,(H,28,33)(H,29,30,32). The van der Waals surface area contributed by atoms with Crippen molar-refractivity contribution in [1.29, 1.82) is 0 Å². The molecule has 188 valence electrons. The van der Waals surface area contributed by atoms with Crippen molar-refractivity contribution in [2.75, 3.05) is 10.6 Å². The second-order valence-corrected chi connectivity index (χ2v) is 10.8. The fourth-order valence-corrected chi connectivity index (χ4v) is 5.03. The van der Waals surface area contributed by atoms with Crippen LogP contribution in [0.4, 0.5) is 16.5 Å². The molecule has 0 saturated heterocycles. The van der Waals surface area contributed by atoms with Gasteiger partial charge in [-0.05, 0) is 55.5 Å². The predicted molar refractivity (Wildman–Crippen MR) is 149 cm³/mol. The number of non-ortho nitro benzene ring substituents is 1. The molecule has 12 heteroatoms. The number of nitro groups is 1. The highest BCUT2D eigenvalue weighted by atomic mass is 35.5. The maximum Gasteiger partial charge on any atom is 0.269 e. The summed E-state index contributed by atoms with van der Waals surface area (Å²) < 4.78 is 0. The van der Waals surface area contributed by atoms with Crippen LogP contribution in [0.1, 0.15) is 17.3 Å². The molecule has 0 saturated carbocycles. The number of hydrogen-bond donors (Lipinski definition) is 2. The molecule has 0 aliphatic rings. The summed E-state index contributed by atoms with van der Waals surface area (Å²) in [4.78, 5) is 40.6. The number of anilines is 2. The Bertz CT molecular complexity index is 1460. The maximum atomic E-state index is 12.7. The number of carbonyl (C=O) groups is 2. The van der Waals surface area contributed by atoms with Crippen LogP contribution in [0, 0.1) is 10.1 Å². The van der Waals surface area contributed by atoms with Crippen LogP contribution in [0.15, 0.2) is 77.0 Å². The number of hydrogen-bond acceptors (Lipinski definition) is 7. The first-order valence-electron chi connectivity index (χ1n) is 10.7. The molecule has 0 bridgehead atoms. The Morgan fingerprint density at radius 2 is 1.70 bits per heavy atom. The Morgan fingerprint density at radius 3 is 2.35 bits per heavy atom. The van der Waals surface area contributed by atoms with Crippen LogP contribution < -0.4 is 10.6 Å². The van der Waals surface area contributed by atoms with E-state index in [1.165, 1.54) is 47.4 Å². The number of thioether (sulfide) groups is 1. The average Bonchev–Trinajstić information content (AvgIpc) is 3.35. The number of nitro benzene ring substituents is 1. The third-order valence-electron chi connectivity index (χ3n) is 5.08. The highest BCUT2D eigenvalue weighted by Crippen LogP contribution is 2.31. The minimum Gasteiger partial charge on any atom is -0.322 e. The van der Waals surface area contributed by atoms with Gasteiger partial charge >= 0.3 is 0 Å². The van der Waals surface area contributed by atoms with E-state index in [1.54, 1.807) is 43.3 Å². The number of amides is 2. The van der Waals surface area contributed by atoms with Gasteiger partial charge in [-0.15, -0.1) is 23.1 Å². The zero-order chi connectivity index (χ0) is 26.5. The fraction of sp³-hybridized carbons (Fsp3) is 0.0800. The lowest BCUT2D eigenvalue weighted by Gasteiger charge is -2.11. The molecule has 4 rings (SSSR count). The van der Waals surface area contributed by atoms with Gasteiger partial charge in [-0.2, -0.15) is 0 Å². The predicted octanol–water partition coefficient (Wildman–Crippen LogP) is 7.40. The second-order valence-electron chi connectivity index (χ2n) is 7.70. The molecule has 37 heavy (non-hydrogen) atoms. The van der Waals surface area contributed by atoms with Gasteiger partial charge < -0.3 is 10.6 Å². The summed E-state index contributed by atoms with van der Waals surface area (Å²) in [5.41, 5.74) is 2.26. The summed E-state index contributed by atoms with van der Waals surface area (Å²) in [6.07, 6.45) is 0. The van der Waals surface area contributed by atoms with E-state index in [9.17, 15) is 19.7 Å². The second kappa shape index (κ2) is 11.7. The third kappa shape index (κ3) is 6.86. The first-order chi connectivity index (χ1) is 17.7. The normalized spacial score (nSPS) is 11.5. The first-order valence-corrected chi connectivity index (χ1v) is 13.3. The Labute approximate surface area is 230 Å². The molecule has 2 N–H and O–H groups in total. The molecule has 0 aliphatic carbocycles. The summed E-state index contributed by atoms with van der Waals surface area (Å²) in [6, 6.07) is 17.6. The molecular weight excluding hydrogens is 555 g/mol.